The summed E-state index contributed by atoms with van der Waals surface area (Å²) < 4.78 is 23.4. The number of rotatable bonds is 7. The van der Waals surface area contributed by atoms with E-state index in [-0.39, 0.29) is 11.6 Å². The van der Waals surface area contributed by atoms with Gasteiger partial charge in [0, 0.05) is 19.7 Å². The van der Waals surface area contributed by atoms with Crippen LogP contribution in [0.4, 0.5) is 4.39 Å². The lowest BCUT2D eigenvalue weighted by molar-refractivity contribution is 0.164. The van der Waals surface area contributed by atoms with Gasteiger partial charge in [0.1, 0.15) is 0 Å². The van der Waals surface area contributed by atoms with Gasteiger partial charge in [0.2, 0.25) is 0 Å². The number of ether oxygens (including phenoxy) is 2. The van der Waals surface area contributed by atoms with Gasteiger partial charge < -0.3 is 14.8 Å². The second-order valence-corrected chi connectivity index (χ2v) is 3.91. The molecule has 96 valence electrons. The number of hydrogen-bond donors (Lipinski definition) is 1. The predicted octanol–water partition coefficient (Wildman–Crippen LogP) is 2.35. The zero-order valence-electron chi connectivity index (χ0n) is 10.6. The van der Waals surface area contributed by atoms with Crippen LogP contribution < -0.4 is 10.1 Å². The summed E-state index contributed by atoms with van der Waals surface area (Å²) in [7, 11) is 3.14. The predicted molar refractivity (Wildman–Crippen MR) is 65.7 cm³/mol. The second kappa shape index (κ2) is 7.25. The van der Waals surface area contributed by atoms with Gasteiger partial charge in [-0.2, -0.15) is 0 Å². The Bertz CT molecular complexity index is 344. The van der Waals surface area contributed by atoms with Crippen molar-refractivity contribution in [3.63, 3.8) is 0 Å². The van der Waals surface area contributed by atoms with Gasteiger partial charge in [-0.1, -0.05) is 13.0 Å². The minimum Gasteiger partial charge on any atom is -0.494 e. The molecule has 0 heterocycles. The first-order valence-electron chi connectivity index (χ1n) is 5.76. The Labute approximate surface area is 102 Å². The highest BCUT2D eigenvalue weighted by Crippen LogP contribution is 2.17. The summed E-state index contributed by atoms with van der Waals surface area (Å²) in [5, 5.41) is 3.32. The average Bonchev–Trinajstić information content (AvgIpc) is 2.34. The summed E-state index contributed by atoms with van der Waals surface area (Å²) >= 11 is 0. The van der Waals surface area contributed by atoms with Crippen LogP contribution in [0.2, 0.25) is 0 Å². The zero-order valence-corrected chi connectivity index (χ0v) is 10.6. The first-order valence-corrected chi connectivity index (χ1v) is 5.76. The lowest BCUT2D eigenvalue weighted by Crippen LogP contribution is -2.32. The summed E-state index contributed by atoms with van der Waals surface area (Å²) in [6, 6.07) is 5.29. The third-order valence-corrected chi connectivity index (χ3v) is 2.67. The highest BCUT2D eigenvalue weighted by Gasteiger charge is 2.07. The van der Waals surface area contributed by atoms with Gasteiger partial charge in [0.15, 0.2) is 11.6 Å². The maximum absolute atomic E-state index is 13.4. The summed E-state index contributed by atoms with van der Waals surface area (Å²) in [4.78, 5) is 0. The standard InChI is InChI=1S/C13H20FNO2/c1-4-11(9-16-2)15-8-10-5-6-13(17-3)12(14)7-10/h5-7,11,15H,4,8-9H2,1-3H3. The van der Waals surface area contributed by atoms with E-state index in [4.69, 9.17) is 9.47 Å². The van der Waals surface area contributed by atoms with E-state index < -0.39 is 0 Å². The van der Waals surface area contributed by atoms with Gasteiger partial charge in [0.05, 0.1) is 13.7 Å². The Morgan fingerprint density at radius 2 is 2.12 bits per heavy atom. The van der Waals surface area contributed by atoms with Crippen LogP contribution in [0.3, 0.4) is 0 Å². The maximum Gasteiger partial charge on any atom is 0.165 e. The summed E-state index contributed by atoms with van der Waals surface area (Å²) in [6.45, 7) is 3.38. The van der Waals surface area contributed by atoms with E-state index in [1.807, 2.05) is 6.07 Å². The molecule has 1 unspecified atom stereocenters. The molecule has 0 saturated heterocycles. The monoisotopic (exact) mass is 241 g/mol. The third-order valence-electron chi connectivity index (χ3n) is 2.67. The van der Waals surface area contributed by atoms with Crippen molar-refractivity contribution in [2.75, 3.05) is 20.8 Å². The van der Waals surface area contributed by atoms with Gasteiger partial charge in [-0.05, 0) is 24.1 Å². The van der Waals surface area contributed by atoms with Crippen LogP contribution >= 0.6 is 0 Å². The van der Waals surface area contributed by atoms with E-state index in [0.717, 1.165) is 12.0 Å². The molecule has 3 nitrogen and oxygen atoms in total. The fraction of sp³-hybridized carbons (Fsp3) is 0.538. The van der Waals surface area contributed by atoms with Crippen molar-refractivity contribution in [2.24, 2.45) is 0 Å². The lowest BCUT2D eigenvalue weighted by atomic mass is 10.2. The molecular formula is C13H20FNO2. The Morgan fingerprint density at radius 3 is 2.65 bits per heavy atom. The molecule has 17 heavy (non-hydrogen) atoms. The molecular weight excluding hydrogens is 221 g/mol. The third kappa shape index (κ3) is 4.32. The molecule has 1 aromatic rings. The zero-order chi connectivity index (χ0) is 12.7. The highest BCUT2D eigenvalue weighted by molar-refractivity contribution is 5.29. The Balaban J connectivity index is 2.54. The topological polar surface area (TPSA) is 30.5 Å². The molecule has 0 amide bonds. The van der Waals surface area contributed by atoms with Crippen molar-refractivity contribution in [1.82, 2.24) is 5.32 Å². The van der Waals surface area contributed by atoms with Crippen molar-refractivity contribution >= 4 is 0 Å². The van der Waals surface area contributed by atoms with Crippen LogP contribution in [0.15, 0.2) is 18.2 Å². The number of methoxy groups -OCH3 is 2. The maximum atomic E-state index is 13.4. The molecule has 1 rings (SSSR count). The first kappa shape index (κ1) is 13.9. The van der Waals surface area contributed by atoms with Gasteiger partial charge in [-0.15, -0.1) is 0 Å². The molecule has 1 aromatic carbocycles. The molecule has 0 spiro atoms. The number of benzene rings is 1. The Kier molecular flexibility index (Phi) is 5.94. The SMILES string of the molecule is CCC(COC)NCc1ccc(OC)c(F)c1. The minimum absolute atomic E-state index is 0.276. The van der Waals surface area contributed by atoms with Crippen LogP contribution in [-0.2, 0) is 11.3 Å². The van der Waals surface area contributed by atoms with Gasteiger partial charge in [-0.3, -0.25) is 0 Å². The molecule has 0 saturated carbocycles. The molecule has 0 fully saturated rings. The molecule has 0 aliphatic heterocycles. The quantitative estimate of drug-likeness (QED) is 0.795. The molecule has 4 heteroatoms. The smallest absolute Gasteiger partial charge is 0.165 e. The molecule has 0 aliphatic rings. The van der Waals surface area contributed by atoms with E-state index in [0.29, 0.717) is 19.2 Å². The second-order valence-electron chi connectivity index (χ2n) is 3.91. The Morgan fingerprint density at radius 1 is 1.35 bits per heavy atom. The molecule has 1 N–H and O–H groups in total. The number of halogens is 1. The number of nitrogens with one attached hydrogen (secondary N) is 1. The summed E-state index contributed by atoms with van der Waals surface area (Å²) in [5.41, 5.74) is 0.901. The molecule has 0 bridgehead atoms. The van der Waals surface area contributed by atoms with E-state index in [1.165, 1.54) is 13.2 Å². The van der Waals surface area contributed by atoms with Crippen molar-refractivity contribution in [3.05, 3.63) is 29.6 Å². The average molecular weight is 241 g/mol. The van der Waals surface area contributed by atoms with Crippen LogP contribution in [0.25, 0.3) is 0 Å². The van der Waals surface area contributed by atoms with Crippen molar-refractivity contribution in [3.8, 4) is 5.75 Å². The highest BCUT2D eigenvalue weighted by atomic mass is 19.1. The van der Waals surface area contributed by atoms with Crippen molar-refractivity contribution < 1.29 is 13.9 Å². The van der Waals surface area contributed by atoms with Crippen LogP contribution in [0.5, 0.6) is 5.75 Å². The van der Waals surface area contributed by atoms with E-state index in [9.17, 15) is 4.39 Å². The van der Waals surface area contributed by atoms with Gasteiger partial charge in [0.25, 0.3) is 0 Å². The van der Waals surface area contributed by atoms with Crippen LogP contribution in [-0.4, -0.2) is 26.9 Å². The van der Waals surface area contributed by atoms with E-state index in [1.54, 1.807) is 13.2 Å². The minimum atomic E-state index is -0.327. The van der Waals surface area contributed by atoms with E-state index >= 15 is 0 Å². The number of hydrogen-bond acceptors (Lipinski definition) is 3. The molecule has 0 radical (unpaired) electrons. The van der Waals surface area contributed by atoms with Crippen molar-refractivity contribution in [2.45, 2.75) is 25.9 Å². The normalized spacial score (nSPS) is 12.5. The summed E-state index contributed by atoms with van der Waals surface area (Å²) in [5.74, 6) is -0.0516. The van der Waals surface area contributed by atoms with E-state index in [2.05, 4.69) is 12.2 Å². The van der Waals surface area contributed by atoms with Crippen molar-refractivity contribution in [1.29, 1.82) is 0 Å². The molecule has 0 aliphatic carbocycles. The van der Waals surface area contributed by atoms with Gasteiger partial charge >= 0.3 is 0 Å². The van der Waals surface area contributed by atoms with Crippen LogP contribution in [0, 0.1) is 5.82 Å². The largest absolute Gasteiger partial charge is 0.494 e. The Hall–Kier alpha value is -1.13. The van der Waals surface area contributed by atoms with Crippen LogP contribution in [0.1, 0.15) is 18.9 Å². The van der Waals surface area contributed by atoms with Gasteiger partial charge in [-0.25, -0.2) is 4.39 Å². The lowest BCUT2D eigenvalue weighted by Gasteiger charge is -2.16. The fourth-order valence-electron chi connectivity index (χ4n) is 1.60. The first-order chi connectivity index (χ1) is 8.21. The molecule has 1 atom stereocenters. The molecule has 0 aromatic heterocycles. The summed E-state index contributed by atoms with van der Waals surface area (Å²) in [6.07, 6.45) is 0.979. The fourth-order valence-corrected chi connectivity index (χ4v) is 1.60.